The van der Waals surface area contributed by atoms with Crippen molar-refractivity contribution >= 4 is 35.1 Å². The van der Waals surface area contributed by atoms with Crippen molar-refractivity contribution in [1.82, 2.24) is 0 Å². The van der Waals surface area contributed by atoms with Gasteiger partial charge in [0.1, 0.15) is 5.75 Å². The lowest BCUT2D eigenvalue weighted by Crippen LogP contribution is -2.30. The number of nitrogens with zero attached hydrogens (tertiary/aromatic N) is 2. The maximum atomic E-state index is 12.9. The number of imide groups is 1. The fourth-order valence-electron chi connectivity index (χ4n) is 5.62. The molecule has 0 bridgehead atoms. The molecule has 2 aromatic carbocycles. The highest BCUT2D eigenvalue weighted by atomic mass is 16.5. The van der Waals surface area contributed by atoms with Gasteiger partial charge in [-0.25, -0.2) is 0 Å². The van der Waals surface area contributed by atoms with Gasteiger partial charge in [0.05, 0.1) is 23.4 Å². The van der Waals surface area contributed by atoms with Crippen molar-refractivity contribution in [3.05, 3.63) is 53.6 Å². The molecule has 0 aromatic heterocycles. The summed E-state index contributed by atoms with van der Waals surface area (Å²) in [5.41, 5.74) is 3.35. The number of carbonyl (C=O) groups is 4. The average Bonchev–Trinajstić information content (AvgIpc) is 3.33. The summed E-state index contributed by atoms with van der Waals surface area (Å²) < 4.78 is 5.56. The molecule has 0 N–H and O–H groups in total. The molecule has 4 atom stereocenters. The fourth-order valence-corrected chi connectivity index (χ4v) is 5.62. The Labute approximate surface area is 205 Å². The minimum atomic E-state index is -0.561. The van der Waals surface area contributed by atoms with Crippen LogP contribution in [-0.2, 0) is 19.2 Å². The maximum Gasteiger partial charge on any atom is 0.316 e. The second-order valence-corrected chi connectivity index (χ2v) is 10.3. The molecule has 0 spiro atoms. The summed E-state index contributed by atoms with van der Waals surface area (Å²) >= 11 is 0. The summed E-state index contributed by atoms with van der Waals surface area (Å²) in [4.78, 5) is 54.2. The van der Waals surface area contributed by atoms with E-state index in [9.17, 15) is 19.2 Å². The zero-order valence-corrected chi connectivity index (χ0v) is 20.3. The van der Waals surface area contributed by atoms with E-state index in [1.54, 1.807) is 29.2 Å². The third-order valence-corrected chi connectivity index (χ3v) is 7.61. The molecule has 7 nitrogen and oxygen atoms in total. The van der Waals surface area contributed by atoms with Crippen molar-refractivity contribution in [2.24, 2.45) is 23.7 Å². The number of rotatable bonds is 4. The van der Waals surface area contributed by atoms with Crippen LogP contribution in [0.5, 0.6) is 5.75 Å². The number of benzene rings is 2. The van der Waals surface area contributed by atoms with Crippen molar-refractivity contribution in [3.63, 3.8) is 0 Å². The molecular weight excluding hydrogens is 444 g/mol. The van der Waals surface area contributed by atoms with Gasteiger partial charge in [-0.3, -0.25) is 24.1 Å². The number of fused-ring (bicyclic) bond motifs is 1. The first-order valence-electron chi connectivity index (χ1n) is 12.3. The van der Waals surface area contributed by atoms with E-state index in [1.165, 1.54) is 4.90 Å². The normalized spacial score (nSPS) is 26.3. The molecule has 5 rings (SSSR count). The number of ether oxygens (including phenoxy) is 1. The van der Waals surface area contributed by atoms with Gasteiger partial charge in [0.15, 0.2) is 0 Å². The summed E-state index contributed by atoms with van der Waals surface area (Å²) in [5.74, 6) is -1.08. The van der Waals surface area contributed by atoms with Crippen molar-refractivity contribution in [1.29, 1.82) is 0 Å². The smallest absolute Gasteiger partial charge is 0.316 e. The molecule has 3 aliphatic rings. The van der Waals surface area contributed by atoms with Crippen LogP contribution in [-0.4, -0.2) is 30.2 Å². The summed E-state index contributed by atoms with van der Waals surface area (Å²) in [6.07, 6.45) is 2.57. The second-order valence-electron chi connectivity index (χ2n) is 10.3. The first-order valence-corrected chi connectivity index (χ1v) is 12.3. The Balaban J connectivity index is 1.25. The lowest BCUT2D eigenvalue weighted by molar-refractivity contribution is -0.139. The van der Waals surface area contributed by atoms with E-state index in [0.717, 1.165) is 36.1 Å². The van der Waals surface area contributed by atoms with Crippen LogP contribution in [0.1, 0.15) is 43.7 Å². The number of hydrogen-bond acceptors (Lipinski definition) is 5. The molecule has 1 saturated carbocycles. The van der Waals surface area contributed by atoms with E-state index >= 15 is 0 Å². The highest BCUT2D eigenvalue weighted by Gasteiger charge is 2.50. The quantitative estimate of drug-likeness (QED) is 0.377. The largest absolute Gasteiger partial charge is 0.426 e. The van der Waals surface area contributed by atoms with Crippen molar-refractivity contribution in [2.45, 2.75) is 46.5 Å². The van der Waals surface area contributed by atoms with Crippen molar-refractivity contribution < 1.29 is 23.9 Å². The topological polar surface area (TPSA) is 84.0 Å². The predicted molar refractivity (Wildman–Crippen MR) is 131 cm³/mol. The number of carbonyl (C=O) groups excluding carboxylic acids is 4. The van der Waals surface area contributed by atoms with Gasteiger partial charge in [0.2, 0.25) is 17.7 Å². The summed E-state index contributed by atoms with van der Waals surface area (Å²) in [6, 6.07) is 12.4. The molecule has 1 aliphatic carbocycles. The van der Waals surface area contributed by atoms with E-state index in [0.29, 0.717) is 17.4 Å². The van der Waals surface area contributed by atoms with E-state index in [4.69, 9.17) is 4.74 Å². The Bertz CT molecular complexity index is 1200. The van der Waals surface area contributed by atoms with Gasteiger partial charge in [0.25, 0.3) is 0 Å². The number of hydrogen-bond donors (Lipinski definition) is 0. The molecule has 2 heterocycles. The van der Waals surface area contributed by atoms with E-state index in [2.05, 4.69) is 6.92 Å². The van der Waals surface area contributed by atoms with Crippen LogP contribution >= 0.6 is 0 Å². The SMILES string of the molecule is Cc1ccc(C)c(N2C[C@H](C(=O)Oc3ccc(N4C(=O)[C@@H]5CC[C@H](C)C[C@H]5C4=O)cc3)CC2=O)c1. The van der Waals surface area contributed by atoms with Crippen LogP contribution < -0.4 is 14.5 Å². The zero-order valence-electron chi connectivity index (χ0n) is 20.3. The van der Waals surface area contributed by atoms with Crippen LogP contribution in [0.2, 0.25) is 0 Å². The van der Waals surface area contributed by atoms with Gasteiger partial charge in [-0.15, -0.1) is 0 Å². The maximum absolute atomic E-state index is 12.9. The van der Waals surface area contributed by atoms with Crippen LogP contribution in [0.15, 0.2) is 42.5 Å². The Hall–Kier alpha value is -3.48. The predicted octanol–water partition coefficient (Wildman–Crippen LogP) is 4.19. The van der Waals surface area contributed by atoms with Gasteiger partial charge < -0.3 is 9.64 Å². The van der Waals surface area contributed by atoms with Gasteiger partial charge in [-0.05, 0) is 80.5 Å². The Morgan fingerprint density at radius 2 is 1.66 bits per heavy atom. The summed E-state index contributed by atoms with van der Waals surface area (Å²) in [7, 11) is 0. The molecule has 3 fully saturated rings. The number of anilines is 2. The minimum Gasteiger partial charge on any atom is -0.426 e. The van der Waals surface area contributed by atoms with E-state index in [-0.39, 0.29) is 42.5 Å². The monoisotopic (exact) mass is 474 g/mol. The molecule has 2 aromatic rings. The zero-order chi connectivity index (χ0) is 24.9. The lowest BCUT2D eigenvalue weighted by atomic mass is 9.76. The Morgan fingerprint density at radius 1 is 0.943 bits per heavy atom. The van der Waals surface area contributed by atoms with Crippen molar-refractivity contribution in [2.75, 3.05) is 16.3 Å². The summed E-state index contributed by atoms with van der Waals surface area (Å²) in [5, 5.41) is 0. The van der Waals surface area contributed by atoms with Gasteiger partial charge in [-0.2, -0.15) is 0 Å². The van der Waals surface area contributed by atoms with Crippen molar-refractivity contribution in [3.8, 4) is 5.75 Å². The average molecular weight is 475 g/mol. The van der Waals surface area contributed by atoms with Crippen LogP contribution in [0.4, 0.5) is 11.4 Å². The number of esters is 1. The molecule has 3 amide bonds. The van der Waals surface area contributed by atoms with E-state index in [1.807, 2.05) is 32.0 Å². The fraction of sp³-hybridized carbons (Fsp3) is 0.429. The Morgan fingerprint density at radius 3 is 2.40 bits per heavy atom. The molecule has 35 heavy (non-hydrogen) atoms. The standard InChI is InChI=1S/C28H30N2O5/c1-16-5-11-22-23(12-16)27(33)30(26(22)32)20-7-9-21(10-8-20)35-28(34)19-14-25(31)29(15-19)24-13-17(2)4-6-18(24)3/h4,6-10,13,16,19,22-23H,5,11-12,14-15H2,1-3H3/t16-,19+,22+,23+/m0/s1. The molecule has 7 heteroatoms. The highest BCUT2D eigenvalue weighted by Crippen LogP contribution is 2.42. The lowest BCUT2D eigenvalue weighted by Gasteiger charge is -2.25. The Kier molecular flexibility index (Phi) is 5.95. The molecule has 182 valence electrons. The summed E-state index contributed by atoms with van der Waals surface area (Å²) in [6.45, 7) is 6.31. The molecular formula is C28H30N2O5. The van der Waals surface area contributed by atoms with Gasteiger partial charge in [0, 0.05) is 18.7 Å². The second kappa shape index (κ2) is 8.95. The molecule has 2 aliphatic heterocycles. The third-order valence-electron chi connectivity index (χ3n) is 7.61. The third kappa shape index (κ3) is 4.24. The van der Waals surface area contributed by atoms with Crippen LogP contribution in [0.25, 0.3) is 0 Å². The molecule has 2 saturated heterocycles. The number of amides is 3. The highest BCUT2D eigenvalue weighted by molar-refractivity contribution is 6.22. The minimum absolute atomic E-state index is 0.0992. The first-order chi connectivity index (χ1) is 16.7. The number of aryl methyl sites for hydroxylation is 2. The van der Waals surface area contributed by atoms with Gasteiger partial charge >= 0.3 is 5.97 Å². The van der Waals surface area contributed by atoms with Gasteiger partial charge in [-0.1, -0.05) is 19.1 Å². The van der Waals surface area contributed by atoms with Crippen LogP contribution in [0.3, 0.4) is 0 Å². The first kappa shape index (κ1) is 23.3. The molecule has 0 radical (unpaired) electrons. The van der Waals surface area contributed by atoms with Crippen LogP contribution in [0, 0.1) is 37.5 Å². The van der Waals surface area contributed by atoms with E-state index < -0.39 is 11.9 Å². The molecule has 0 unspecified atom stereocenters.